The lowest BCUT2D eigenvalue weighted by atomic mass is 10.1. The van der Waals surface area contributed by atoms with E-state index < -0.39 is 5.82 Å². The molecular weight excluding hydrogens is 319 g/mol. The summed E-state index contributed by atoms with van der Waals surface area (Å²) in [4.78, 5) is 14.2. The quantitative estimate of drug-likeness (QED) is 0.847. The lowest BCUT2D eigenvalue weighted by Crippen LogP contribution is -2.42. The minimum atomic E-state index is -0.452. The van der Waals surface area contributed by atoms with Crippen LogP contribution in [-0.4, -0.2) is 28.4 Å². The number of halogens is 2. The van der Waals surface area contributed by atoms with Crippen molar-refractivity contribution in [2.24, 2.45) is 5.73 Å². The van der Waals surface area contributed by atoms with Crippen LogP contribution >= 0.6 is 28.1 Å². The third kappa shape index (κ3) is 2.54. The van der Waals surface area contributed by atoms with Gasteiger partial charge in [0.1, 0.15) is 5.82 Å². The smallest absolute Gasteiger partial charge is 0.254 e. The molecule has 0 bridgehead atoms. The summed E-state index contributed by atoms with van der Waals surface area (Å²) >= 11 is 8.01. The molecule has 0 aliphatic carbocycles. The molecular formula is C12H12BrFN2OS. The summed E-state index contributed by atoms with van der Waals surface area (Å²) in [5.74, 6) is -0.677. The van der Waals surface area contributed by atoms with E-state index >= 15 is 0 Å². The van der Waals surface area contributed by atoms with Gasteiger partial charge in [0.15, 0.2) is 0 Å². The fourth-order valence-corrected chi connectivity index (χ4v) is 2.59. The second-order valence-electron chi connectivity index (χ2n) is 4.19. The average Bonchev–Trinajstić information content (AvgIpc) is 2.81. The highest BCUT2D eigenvalue weighted by molar-refractivity contribution is 9.10. The first-order valence-corrected chi connectivity index (χ1v) is 6.76. The highest BCUT2D eigenvalue weighted by Gasteiger charge is 2.31. The molecule has 1 atom stereocenters. The molecule has 1 aromatic carbocycles. The van der Waals surface area contributed by atoms with Gasteiger partial charge in [0.25, 0.3) is 5.91 Å². The van der Waals surface area contributed by atoms with Gasteiger partial charge in [0.2, 0.25) is 0 Å². The van der Waals surface area contributed by atoms with Crippen LogP contribution in [0, 0.1) is 5.82 Å². The van der Waals surface area contributed by atoms with Gasteiger partial charge < -0.3 is 10.6 Å². The molecule has 2 N–H and O–H groups in total. The first kappa shape index (κ1) is 13.4. The van der Waals surface area contributed by atoms with Crippen molar-refractivity contribution in [1.82, 2.24) is 4.90 Å². The number of thiocarbonyl (C=S) groups is 1. The van der Waals surface area contributed by atoms with Crippen LogP contribution in [0.25, 0.3) is 0 Å². The molecule has 1 heterocycles. The van der Waals surface area contributed by atoms with E-state index in [2.05, 4.69) is 15.9 Å². The zero-order valence-electron chi connectivity index (χ0n) is 9.53. The maximum atomic E-state index is 13.4. The van der Waals surface area contributed by atoms with Crippen LogP contribution in [0.3, 0.4) is 0 Å². The lowest BCUT2D eigenvalue weighted by Gasteiger charge is -2.23. The van der Waals surface area contributed by atoms with Gasteiger partial charge in [0, 0.05) is 12.1 Å². The number of likely N-dealkylation sites (tertiary alicyclic amines) is 1. The molecule has 1 aromatic rings. The van der Waals surface area contributed by atoms with E-state index in [1.54, 1.807) is 11.0 Å². The molecule has 1 fully saturated rings. The molecule has 3 nitrogen and oxygen atoms in total. The first-order chi connectivity index (χ1) is 8.50. The van der Waals surface area contributed by atoms with Crippen molar-refractivity contribution in [1.29, 1.82) is 0 Å². The number of amides is 1. The highest BCUT2D eigenvalue weighted by atomic mass is 79.9. The van der Waals surface area contributed by atoms with E-state index in [1.807, 2.05) is 0 Å². The third-order valence-corrected chi connectivity index (χ3v) is 3.92. The van der Waals surface area contributed by atoms with Gasteiger partial charge in [-0.1, -0.05) is 12.2 Å². The van der Waals surface area contributed by atoms with Gasteiger partial charge in [0.05, 0.1) is 15.5 Å². The first-order valence-electron chi connectivity index (χ1n) is 5.56. The minimum absolute atomic E-state index is 0.209. The molecule has 1 aliphatic rings. The van der Waals surface area contributed by atoms with Gasteiger partial charge in [-0.15, -0.1) is 0 Å². The summed E-state index contributed by atoms with van der Waals surface area (Å²) in [6.07, 6.45) is 1.65. The summed E-state index contributed by atoms with van der Waals surface area (Å²) in [7, 11) is 0. The van der Waals surface area contributed by atoms with Crippen molar-refractivity contribution in [3.8, 4) is 0 Å². The maximum Gasteiger partial charge on any atom is 0.254 e. The van der Waals surface area contributed by atoms with Crippen LogP contribution in [0.2, 0.25) is 0 Å². The van der Waals surface area contributed by atoms with Crippen molar-refractivity contribution in [2.75, 3.05) is 6.54 Å². The number of carbonyl (C=O) groups excluding carboxylic acids is 1. The average molecular weight is 331 g/mol. The molecule has 18 heavy (non-hydrogen) atoms. The summed E-state index contributed by atoms with van der Waals surface area (Å²) in [6.45, 7) is 0.610. The maximum absolute atomic E-state index is 13.4. The summed E-state index contributed by atoms with van der Waals surface area (Å²) in [6, 6.07) is 4.12. The van der Waals surface area contributed by atoms with Gasteiger partial charge in [-0.3, -0.25) is 4.79 Å². The van der Waals surface area contributed by atoms with Gasteiger partial charge >= 0.3 is 0 Å². The SMILES string of the molecule is NC(=S)C1CCCN1C(=O)c1ccc(Br)c(F)c1. The highest BCUT2D eigenvalue weighted by Crippen LogP contribution is 2.22. The zero-order valence-corrected chi connectivity index (χ0v) is 11.9. The Balaban J connectivity index is 2.25. The standard InChI is InChI=1S/C12H12BrFN2OS/c13-8-4-3-7(6-9(8)14)12(17)16-5-1-2-10(16)11(15)18/h3-4,6,10H,1-2,5H2,(H2,15,18). The molecule has 1 amide bonds. The van der Waals surface area contributed by atoms with E-state index in [1.165, 1.54) is 12.1 Å². The van der Waals surface area contributed by atoms with Gasteiger partial charge in [-0.25, -0.2) is 4.39 Å². The summed E-state index contributed by atoms with van der Waals surface area (Å²) < 4.78 is 13.8. The van der Waals surface area contributed by atoms with Crippen LogP contribution < -0.4 is 5.73 Å². The van der Waals surface area contributed by atoms with Crippen LogP contribution in [0.1, 0.15) is 23.2 Å². The molecule has 1 saturated heterocycles. The number of benzene rings is 1. The van der Waals surface area contributed by atoms with Gasteiger partial charge in [-0.2, -0.15) is 0 Å². The van der Waals surface area contributed by atoms with Crippen molar-refractivity contribution in [3.63, 3.8) is 0 Å². The number of hydrogen-bond acceptors (Lipinski definition) is 2. The Morgan fingerprint density at radius 1 is 1.56 bits per heavy atom. The number of rotatable bonds is 2. The predicted molar refractivity (Wildman–Crippen MR) is 74.9 cm³/mol. The Kier molecular flexibility index (Phi) is 3.97. The molecule has 1 aliphatic heterocycles. The second-order valence-corrected chi connectivity index (χ2v) is 5.51. The molecule has 1 unspecified atom stereocenters. The summed E-state index contributed by atoms with van der Waals surface area (Å²) in [5.41, 5.74) is 5.93. The lowest BCUT2D eigenvalue weighted by molar-refractivity contribution is 0.0770. The van der Waals surface area contributed by atoms with E-state index in [0.29, 0.717) is 21.6 Å². The fraction of sp³-hybridized carbons (Fsp3) is 0.333. The summed E-state index contributed by atoms with van der Waals surface area (Å²) in [5, 5.41) is 0. The zero-order chi connectivity index (χ0) is 13.3. The minimum Gasteiger partial charge on any atom is -0.392 e. The Morgan fingerprint density at radius 3 is 2.89 bits per heavy atom. The Bertz CT molecular complexity index is 509. The van der Waals surface area contributed by atoms with Crippen LogP contribution in [-0.2, 0) is 0 Å². The van der Waals surface area contributed by atoms with E-state index in [9.17, 15) is 9.18 Å². The van der Waals surface area contributed by atoms with Gasteiger partial charge in [-0.05, 0) is 47.0 Å². The van der Waals surface area contributed by atoms with E-state index in [4.69, 9.17) is 18.0 Å². The number of hydrogen-bond donors (Lipinski definition) is 1. The van der Waals surface area contributed by atoms with Crippen LogP contribution in [0.5, 0.6) is 0 Å². The molecule has 6 heteroatoms. The van der Waals surface area contributed by atoms with Crippen molar-refractivity contribution >= 4 is 39.0 Å². The molecule has 2 rings (SSSR count). The van der Waals surface area contributed by atoms with E-state index in [-0.39, 0.29) is 11.9 Å². The predicted octanol–water partition coefficient (Wildman–Crippen LogP) is 2.48. The number of nitrogens with zero attached hydrogens (tertiary/aromatic N) is 1. The molecule has 0 spiro atoms. The monoisotopic (exact) mass is 330 g/mol. The van der Waals surface area contributed by atoms with Crippen molar-refractivity contribution in [3.05, 3.63) is 34.1 Å². The second kappa shape index (κ2) is 5.32. The molecule has 96 valence electrons. The number of nitrogens with two attached hydrogens (primary N) is 1. The normalized spacial score (nSPS) is 19.0. The fourth-order valence-electron chi connectivity index (χ4n) is 2.10. The van der Waals surface area contributed by atoms with E-state index in [0.717, 1.165) is 12.8 Å². The Labute approximate surface area is 118 Å². The van der Waals surface area contributed by atoms with Crippen LogP contribution in [0.4, 0.5) is 4.39 Å². The molecule has 0 saturated carbocycles. The molecule has 0 radical (unpaired) electrons. The topological polar surface area (TPSA) is 46.3 Å². The Hall–Kier alpha value is -1.01. The van der Waals surface area contributed by atoms with Crippen molar-refractivity contribution < 1.29 is 9.18 Å². The van der Waals surface area contributed by atoms with Crippen molar-refractivity contribution in [2.45, 2.75) is 18.9 Å². The third-order valence-electron chi connectivity index (χ3n) is 3.01. The number of carbonyl (C=O) groups is 1. The Morgan fingerprint density at radius 2 is 2.28 bits per heavy atom. The van der Waals surface area contributed by atoms with Crippen LogP contribution in [0.15, 0.2) is 22.7 Å². The molecule has 0 aromatic heterocycles. The largest absolute Gasteiger partial charge is 0.392 e.